The SMILES string of the molecule is O=C(c1cc(C2CC2)[nH]n1)N1CCN(C(=O)C2CCCC2)CC1. The van der Waals surface area contributed by atoms with Crippen molar-refractivity contribution in [3.05, 3.63) is 17.5 Å². The number of aromatic nitrogens is 2. The zero-order valence-corrected chi connectivity index (χ0v) is 13.5. The van der Waals surface area contributed by atoms with Crippen LogP contribution in [0.4, 0.5) is 0 Å². The quantitative estimate of drug-likeness (QED) is 0.924. The number of hydrogen-bond donors (Lipinski definition) is 1. The Hall–Kier alpha value is -1.85. The third kappa shape index (κ3) is 2.99. The molecule has 1 aromatic rings. The number of aromatic amines is 1. The molecule has 124 valence electrons. The highest BCUT2D eigenvalue weighted by Gasteiger charge is 2.32. The second-order valence-corrected chi connectivity index (χ2v) is 7.08. The Morgan fingerprint density at radius 2 is 1.65 bits per heavy atom. The minimum Gasteiger partial charge on any atom is -0.339 e. The van der Waals surface area contributed by atoms with Crippen molar-refractivity contribution in [1.29, 1.82) is 0 Å². The van der Waals surface area contributed by atoms with Crippen LogP contribution in [-0.4, -0.2) is 58.0 Å². The summed E-state index contributed by atoms with van der Waals surface area (Å²) >= 11 is 0. The summed E-state index contributed by atoms with van der Waals surface area (Å²) in [5, 5.41) is 7.16. The van der Waals surface area contributed by atoms with Gasteiger partial charge in [0.1, 0.15) is 5.69 Å². The first-order valence-electron chi connectivity index (χ1n) is 8.86. The van der Waals surface area contributed by atoms with Gasteiger partial charge in [0, 0.05) is 43.7 Å². The van der Waals surface area contributed by atoms with Crippen LogP contribution in [0.1, 0.15) is 60.6 Å². The lowest BCUT2D eigenvalue weighted by atomic mass is 10.1. The number of nitrogens with one attached hydrogen (secondary N) is 1. The average Bonchev–Trinajstić information content (AvgIpc) is 3.10. The number of H-pyrrole nitrogens is 1. The number of piperazine rings is 1. The van der Waals surface area contributed by atoms with Crippen LogP contribution >= 0.6 is 0 Å². The second kappa shape index (κ2) is 5.98. The highest BCUT2D eigenvalue weighted by Crippen LogP contribution is 2.39. The van der Waals surface area contributed by atoms with Gasteiger partial charge in [-0.15, -0.1) is 0 Å². The Morgan fingerprint density at radius 3 is 2.30 bits per heavy atom. The maximum Gasteiger partial charge on any atom is 0.274 e. The van der Waals surface area contributed by atoms with Gasteiger partial charge in [0.05, 0.1) is 0 Å². The van der Waals surface area contributed by atoms with Gasteiger partial charge in [0.2, 0.25) is 5.91 Å². The molecule has 2 aliphatic carbocycles. The molecule has 3 fully saturated rings. The van der Waals surface area contributed by atoms with Crippen molar-refractivity contribution in [2.75, 3.05) is 26.2 Å². The summed E-state index contributed by atoms with van der Waals surface area (Å²) in [6.45, 7) is 2.54. The van der Waals surface area contributed by atoms with Gasteiger partial charge in [0.15, 0.2) is 0 Å². The van der Waals surface area contributed by atoms with E-state index in [0.717, 1.165) is 18.5 Å². The second-order valence-electron chi connectivity index (χ2n) is 7.08. The van der Waals surface area contributed by atoms with Crippen molar-refractivity contribution in [2.24, 2.45) is 5.92 Å². The fraction of sp³-hybridized carbons (Fsp3) is 0.706. The maximum absolute atomic E-state index is 12.5. The van der Waals surface area contributed by atoms with Gasteiger partial charge in [-0.2, -0.15) is 5.10 Å². The molecule has 6 heteroatoms. The van der Waals surface area contributed by atoms with Crippen molar-refractivity contribution in [3.8, 4) is 0 Å². The fourth-order valence-corrected chi connectivity index (χ4v) is 3.77. The predicted molar refractivity (Wildman–Crippen MR) is 85.0 cm³/mol. The van der Waals surface area contributed by atoms with Crippen molar-refractivity contribution in [1.82, 2.24) is 20.0 Å². The highest BCUT2D eigenvalue weighted by molar-refractivity contribution is 5.92. The topological polar surface area (TPSA) is 69.3 Å². The van der Waals surface area contributed by atoms with Gasteiger partial charge in [-0.25, -0.2) is 0 Å². The van der Waals surface area contributed by atoms with E-state index in [1.54, 1.807) is 0 Å². The maximum atomic E-state index is 12.5. The molecule has 23 heavy (non-hydrogen) atoms. The summed E-state index contributed by atoms with van der Waals surface area (Å²) in [6, 6.07) is 1.90. The van der Waals surface area contributed by atoms with Crippen molar-refractivity contribution in [3.63, 3.8) is 0 Å². The molecule has 6 nitrogen and oxygen atoms in total. The van der Waals surface area contributed by atoms with E-state index in [1.807, 2.05) is 15.9 Å². The zero-order valence-electron chi connectivity index (χ0n) is 13.5. The molecular formula is C17H24N4O2. The van der Waals surface area contributed by atoms with Crippen LogP contribution in [0, 0.1) is 5.92 Å². The lowest BCUT2D eigenvalue weighted by Gasteiger charge is -2.35. The number of carbonyl (C=O) groups is 2. The van der Waals surface area contributed by atoms with Gasteiger partial charge < -0.3 is 9.80 Å². The Balaban J connectivity index is 1.33. The van der Waals surface area contributed by atoms with Crippen molar-refractivity contribution in [2.45, 2.75) is 44.4 Å². The van der Waals surface area contributed by atoms with E-state index in [1.165, 1.54) is 25.7 Å². The average molecular weight is 316 g/mol. The third-order valence-corrected chi connectivity index (χ3v) is 5.42. The first-order chi connectivity index (χ1) is 11.2. The number of amides is 2. The Labute approximate surface area is 136 Å². The molecule has 0 spiro atoms. The van der Waals surface area contributed by atoms with E-state index < -0.39 is 0 Å². The molecule has 2 heterocycles. The minimum atomic E-state index is -0.0129. The molecule has 1 aromatic heterocycles. The van der Waals surface area contributed by atoms with E-state index in [-0.39, 0.29) is 11.8 Å². The van der Waals surface area contributed by atoms with Crippen molar-refractivity contribution >= 4 is 11.8 Å². The summed E-state index contributed by atoms with van der Waals surface area (Å²) in [5.74, 6) is 1.08. The molecule has 0 atom stereocenters. The van der Waals surface area contributed by atoms with Crippen LogP contribution < -0.4 is 0 Å². The Bertz CT molecular complexity index is 593. The highest BCUT2D eigenvalue weighted by atomic mass is 16.2. The van der Waals surface area contributed by atoms with Crippen LogP contribution in [-0.2, 0) is 4.79 Å². The smallest absolute Gasteiger partial charge is 0.274 e. The number of carbonyl (C=O) groups excluding carboxylic acids is 2. The van der Waals surface area contributed by atoms with Gasteiger partial charge in [-0.05, 0) is 31.7 Å². The first kappa shape index (κ1) is 14.7. The predicted octanol–water partition coefficient (Wildman–Crippen LogP) is 1.76. The summed E-state index contributed by atoms with van der Waals surface area (Å²) in [6.07, 6.45) is 6.81. The van der Waals surface area contributed by atoms with Gasteiger partial charge in [-0.1, -0.05) is 12.8 Å². The molecule has 1 N–H and O–H groups in total. The molecule has 0 bridgehead atoms. The largest absolute Gasteiger partial charge is 0.339 e. The van der Waals surface area contributed by atoms with Crippen molar-refractivity contribution < 1.29 is 9.59 Å². The summed E-state index contributed by atoms with van der Waals surface area (Å²) in [4.78, 5) is 28.7. The minimum absolute atomic E-state index is 0.0129. The monoisotopic (exact) mass is 316 g/mol. The Morgan fingerprint density at radius 1 is 1.00 bits per heavy atom. The fourth-order valence-electron chi connectivity index (χ4n) is 3.77. The molecule has 3 aliphatic rings. The molecular weight excluding hydrogens is 292 g/mol. The summed E-state index contributed by atoms with van der Waals surface area (Å²) in [5.41, 5.74) is 1.60. The van der Waals surface area contributed by atoms with E-state index in [9.17, 15) is 9.59 Å². The molecule has 2 amide bonds. The van der Waals surface area contributed by atoms with Crippen LogP contribution in [0.3, 0.4) is 0 Å². The van der Waals surface area contributed by atoms with Crippen LogP contribution in [0.2, 0.25) is 0 Å². The molecule has 2 saturated carbocycles. The van der Waals surface area contributed by atoms with E-state index >= 15 is 0 Å². The summed E-state index contributed by atoms with van der Waals surface area (Å²) < 4.78 is 0. The standard InChI is InChI=1S/C17H24N4O2/c22-16(13-3-1-2-4-13)20-7-9-21(10-8-20)17(23)15-11-14(18-19-15)12-5-6-12/h11-13H,1-10H2,(H,18,19). The number of nitrogens with zero attached hydrogens (tertiary/aromatic N) is 3. The number of rotatable bonds is 3. The summed E-state index contributed by atoms with van der Waals surface area (Å²) in [7, 11) is 0. The molecule has 0 unspecified atom stereocenters. The van der Waals surface area contributed by atoms with Crippen LogP contribution in [0.5, 0.6) is 0 Å². The van der Waals surface area contributed by atoms with Crippen LogP contribution in [0.15, 0.2) is 6.07 Å². The lowest BCUT2D eigenvalue weighted by Crippen LogP contribution is -2.51. The van der Waals surface area contributed by atoms with E-state index in [0.29, 0.717) is 43.7 Å². The normalized spacial score (nSPS) is 22.6. The lowest BCUT2D eigenvalue weighted by molar-refractivity contribution is -0.136. The number of hydrogen-bond acceptors (Lipinski definition) is 3. The first-order valence-corrected chi connectivity index (χ1v) is 8.86. The van der Waals surface area contributed by atoms with E-state index in [4.69, 9.17) is 0 Å². The Kier molecular flexibility index (Phi) is 3.83. The molecule has 4 rings (SSSR count). The third-order valence-electron chi connectivity index (χ3n) is 5.42. The van der Waals surface area contributed by atoms with Crippen LogP contribution in [0.25, 0.3) is 0 Å². The molecule has 0 radical (unpaired) electrons. The molecule has 0 aromatic carbocycles. The van der Waals surface area contributed by atoms with Gasteiger partial charge in [-0.3, -0.25) is 14.7 Å². The van der Waals surface area contributed by atoms with Gasteiger partial charge in [0.25, 0.3) is 5.91 Å². The molecule has 1 saturated heterocycles. The zero-order chi connectivity index (χ0) is 15.8. The van der Waals surface area contributed by atoms with Gasteiger partial charge >= 0.3 is 0 Å². The molecule has 1 aliphatic heterocycles. The van der Waals surface area contributed by atoms with E-state index in [2.05, 4.69) is 10.2 Å².